The van der Waals surface area contributed by atoms with Crippen LogP contribution in [0.2, 0.25) is 5.02 Å². The maximum Gasteiger partial charge on any atom is 0.278 e. The number of pyridine rings is 1. The molecule has 6 nitrogen and oxygen atoms in total. The molecule has 0 aliphatic carbocycles. The van der Waals surface area contributed by atoms with E-state index < -0.39 is 4.92 Å². The molecule has 3 aromatic carbocycles. The minimum atomic E-state index is -0.402. The summed E-state index contributed by atoms with van der Waals surface area (Å²) in [6.45, 7) is 0.332. The van der Waals surface area contributed by atoms with Crippen LogP contribution in [-0.2, 0) is 6.61 Å². The summed E-state index contributed by atoms with van der Waals surface area (Å²) in [6, 6.07) is 21.5. The van der Waals surface area contributed by atoms with Gasteiger partial charge in [0.1, 0.15) is 6.61 Å². The number of benzene rings is 3. The van der Waals surface area contributed by atoms with Crippen molar-refractivity contribution >= 4 is 40.3 Å². The monoisotopic (exact) mass is 446 g/mol. The number of nitrogens with zero attached hydrogens (tertiary/aromatic N) is 2. The van der Waals surface area contributed by atoms with Crippen LogP contribution in [0, 0.1) is 10.1 Å². The van der Waals surface area contributed by atoms with Crippen LogP contribution in [0.1, 0.15) is 16.8 Å². The molecule has 0 amide bonds. The van der Waals surface area contributed by atoms with E-state index in [4.69, 9.17) is 21.1 Å². The predicted molar refractivity (Wildman–Crippen MR) is 126 cm³/mol. The third kappa shape index (κ3) is 4.71. The van der Waals surface area contributed by atoms with Gasteiger partial charge in [-0.25, -0.2) is 4.98 Å². The number of halogens is 1. The molecule has 0 N–H and O–H groups in total. The lowest BCUT2D eigenvalue weighted by Gasteiger charge is -2.12. The lowest BCUT2D eigenvalue weighted by atomic mass is 10.1. The van der Waals surface area contributed by atoms with E-state index in [-0.39, 0.29) is 5.69 Å². The average Bonchev–Trinajstić information content (AvgIpc) is 2.81. The van der Waals surface area contributed by atoms with E-state index in [1.165, 1.54) is 6.07 Å². The van der Waals surface area contributed by atoms with Crippen LogP contribution in [0.3, 0.4) is 0 Å². The van der Waals surface area contributed by atoms with E-state index in [1.807, 2.05) is 54.6 Å². The predicted octanol–water partition coefficient (Wildman–Crippen LogP) is 6.55. The van der Waals surface area contributed by atoms with Crippen LogP contribution in [-0.4, -0.2) is 17.0 Å². The van der Waals surface area contributed by atoms with Crippen LogP contribution in [0.15, 0.2) is 72.8 Å². The van der Waals surface area contributed by atoms with Gasteiger partial charge in [0.05, 0.1) is 28.6 Å². The number of fused-ring (bicyclic) bond motifs is 1. The van der Waals surface area contributed by atoms with E-state index in [1.54, 1.807) is 31.4 Å². The Kier molecular flexibility index (Phi) is 6.33. The molecule has 0 fully saturated rings. The number of aromatic nitrogens is 1. The Balaban J connectivity index is 1.53. The normalized spacial score (nSPS) is 11.1. The quantitative estimate of drug-likeness (QED) is 0.237. The van der Waals surface area contributed by atoms with Gasteiger partial charge in [0.2, 0.25) is 0 Å². The third-order valence-corrected chi connectivity index (χ3v) is 5.27. The minimum absolute atomic E-state index is 0.0441. The van der Waals surface area contributed by atoms with E-state index in [9.17, 15) is 10.1 Å². The fourth-order valence-electron chi connectivity index (χ4n) is 3.27. The molecule has 7 heteroatoms. The molecule has 0 bridgehead atoms. The van der Waals surface area contributed by atoms with Crippen molar-refractivity contribution < 1.29 is 14.4 Å². The Hall–Kier alpha value is -3.90. The van der Waals surface area contributed by atoms with Gasteiger partial charge < -0.3 is 9.47 Å². The van der Waals surface area contributed by atoms with Crippen molar-refractivity contribution in [3.05, 3.63) is 105 Å². The molecular formula is C25H19ClN2O4. The lowest BCUT2D eigenvalue weighted by Crippen LogP contribution is -1.98. The fraction of sp³-hybridized carbons (Fsp3) is 0.0800. The zero-order chi connectivity index (χ0) is 22.5. The summed E-state index contributed by atoms with van der Waals surface area (Å²) in [7, 11) is 1.59. The van der Waals surface area contributed by atoms with Gasteiger partial charge in [-0.3, -0.25) is 10.1 Å². The van der Waals surface area contributed by atoms with Gasteiger partial charge in [-0.15, -0.1) is 0 Å². The summed E-state index contributed by atoms with van der Waals surface area (Å²) in [6.07, 6.45) is 3.74. The molecule has 0 saturated carbocycles. The third-order valence-electron chi connectivity index (χ3n) is 4.90. The van der Waals surface area contributed by atoms with Crippen molar-refractivity contribution in [3.8, 4) is 11.5 Å². The molecule has 1 heterocycles. The summed E-state index contributed by atoms with van der Waals surface area (Å²) < 4.78 is 11.4. The average molecular weight is 447 g/mol. The number of hydrogen-bond donors (Lipinski definition) is 0. The molecule has 1 aromatic heterocycles. The highest BCUT2D eigenvalue weighted by atomic mass is 35.5. The second-order valence-corrected chi connectivity index (χ2v) is 7.37. The maximum absolute atomic E-state index is 11.2. The highest BCUT2D eigenvalue weighted by Gasteiger charge is 2.11. The molecule has 160 valence electrons. The molecule has 0 aliphatic rings. The zero-order valence-corrected chi connectivity index (χ0v) is 18.0. The molecule has 0 atom stereocenters. The zero-order valence-electron chi connectivity index (χ0n) is 17.2. The minimum Gasteiger partial charge on any atom is -0.493 e. The van der Waals surface area contributed by atoms with Gasteiger partial charge in [0, 0.05) is 16.7 Å². The molecule has 4 rings (SSSR count). The molecule has 4 aromatic rings. The fourth-order valence-corrected chi connectivity index (χ4v) is 3.46. The Labute approximate surface area is 189 Å². The first-order chi connectivity index (χ1) is 15.5. The second-order valence-electron chi connectivity index (χ2n) is 6.96. The second kappa shape index (κ2) is 9.49. The van der Waals surface area contributed by atoms with Crippen LogP contribution in [0.5, 0.6) is 11.5 Å². The van der Waals surface area contributed by atoms with Crippen LogP contribution >= 0.6 is 11.6 Å². The topological polar surface area (TPSA) is 74.5 Å². The first kappa shape index (κ1) is 21.3. The maximum atomic E-state index is 11.2. The molecule has 0 spiro atoms. The van der Waals surface area contributed by atoms with Crippen molar-refractivity contribution in [3.63, 3.8) is 0 Å². The summed E-state index contributed by atoms with van der Waals surface area (Å²) in [5.74, 6) is 1.21. The summed E-state index contributed by atoms with van der Waals surface area (Å²) in [4.78, 5) is 15.3. The summed E-state index contributed by atoms with van der Waals surface area (Å²) >= 11 is 6.19. The molecule has 32 heavy (non-hydrogen) atoms. The summed E-state index contributed by atoms with van der Waals surface area (Å²) in [5, 5.41) is 12.3. The van der Waals surface area contributed by atoms with Gasteiger partial charge in [0.15, 0.2) is 11.5 Å². The van der Waals surface area contributed by atoms with E-state index in [2.05, 4.69) is 4.98 Å². The first-order valence-corrected chi connectivity index (χ1v) is 10.2. The van der Waals surface area contributed by atoms with Crippen LogP contribution < -0.4 is 9.47 Å². The molecule has 0 radical (unpaired) electrons. The SMILES string of the molecule is COc1cc(/C=C/c2ccc3c([N+](=O)[O-])cccc3n2)ccc1OCc1ccccc1Cl. The molecular weight excluding hydrogens is 428 g/mol. The standard InChI is InChI=1S/C25H19ClN2O4/c1-31-25-15-17(10-14-24(25)32-16-18-5-2-3-6-21(18)26)9-11-19-12-13-20-22(27-19)7-4-8-23(20)28(29)30/h2-15H,16H2,1H3/b11-9+. The number of hydrogen-bond acceptors (Lipinski definition) is 5. The highest BCUT2D eigenvalue weighted by molar-refractivity contribution is 6.31. The van der Waals surface area contributed by atoms with Gasteiger partial charge >= 0.3 is 0 Å². The van der Waals surface area contributed by atoms with Gasteiger partial charge in [0.25, 0.3) is 5.69 Å². The van der Waals surface area contributed by atoms with Gasteiger partial charge in [-0.05, 0) is 48.0 Å². The number of rotatable bonds is 7. The van der Waals surface area contributed by atoms with Gasteiger partial charge in [-0.2, -0.15) is 0 Å². The molecule has 0 unspecified atom stereocenters. The lowest BCUT2D eigenvalue weighted by molar-refractivity contribution is -0.383. The largest absolute Gasteiger partial charge is 0.493 e. The summed E-state index contributed by atoms with van der Waals surface area (Å²) in [5.41, 5.74) is 3.09. The Bertz CT molecular complexity index is 1320. The number of non-ortho nitro benzene ring substituents is 1. The van der Waals surface area contributed by atoms with Crippen molar-refractivity contribution in [2.45, 2.75) is 6.61 Å². The molecule has 0 aliphatic heterocycles. The highest BCUT2D eigenvalue weighted by Crippen LogP contribution is 2.30. The van der Waals surface area contributed by atoms with E-state index in [0.717, 1.165) is 11.1 Å². The van der Waals surface area contributed by atoms with Crippen molar-refractivity contribution in [1.29, 1.82) is 0 Å². The number of nitro groups is 1. The Morgan fingerprint density at radius 1 is 1.00 bits per heavy atom. The van der Waals surface area contributed by atoms with Crippen molar-refractivity contribution in [1.82, 2.24) is 4.98 Å². The molecule has 0 saturated heterocycles. The van der Waals surface area contributed by atoms with Crippen molar-refractivity contribution in [2.24, 2.45) is 0 Å². The van der Waals surface area contributed by atoms with E-state index in [0.29, 0.717) is 39.7 Å². The Morgan fingerprint density at radius 2 is 1.84 bits per heavy atom. The first-order valence-electron chi connectivity index (χ1n) is 9.81. The van der Waals surface area contributed by atoms with Crippen LogP contribution in [0.4, 0.5) is 5.69 Å². The van der Waals surface area contributed by atoms with Gasteiger partial charge in [-0.1, -0.05) is 48.0 Å². The smallest absolute Gasteiger partial charge is 0.278 e. The van der Waals surface area contributed by atoms with Crippen LogP contribution in [0.25, 0.3) is 23.1 Å². The number of nitro benzene ring substituents is 1. The Morgan fingerprint density at radius 3 is 2.62 bits per heavy atom. The van der Waals surface area contributed by atoms with E-state index >= 15 is 0 Å². The number of ether oxygens (including phenoxy) is 2. The van der Waals surface area contributed by atoms with Crippen molar-refractivity contribution in [2.75, 3.05) is 7.11 Å². The number of methoxy groups -OCH3 is 1.